The predicted molar refractivity (Wildman–Crippen MR) is 107 cm³/mol. The van der Waals surface area contributed by atoms with Gasteiger partial charge >= 0.3 is 0 Å². The quantitative estimate of drug-likeness (QED) is 0.409. The summed E-state index contributed by atoms with van der Waals surface area (Å²) in [5.74, 6) is 4.24. The van der Waals surface area contributed by atoms with Gasteiger partial charge < -0.3 is 15.2 Å². The van der Waals surface area contributed by atoms with Crippen molar-refractivity contribution in [3.05, 3.63) is 11.6 Å². The summed E-state index contributed by atoms with van der Waals surface area (Å²) >= 11 is 2.07. The van der Waals surface area contributed by atoms with Crippen LogP contribution in [0.1, 0.15) is 44.8 Å². The number of nitrogens with one attached hydrogen (secondary N) is 2. The van der Waals surface area contributed by atoms with E-state index < -0.39 is 0 Å². The Kier molecular flexibility index (Phi) is 7.00. The molecule has 2 N–H and O–H groups in total. The number of halogens is 1. The van der Waals surface area contributed by atoms with Gasteiger partial charge in [0.25, 0.3) is 0 Å². The highest BCUT2D eigenvalue weighted by Crippen LogP contribution is 2.36. The van der Waals surface area contributed by atoms with Crippen LogP contribution in [0.2, 0.25) is 0 Å². The number of hydrogen-bond donors (Lipinski definition) is 2. The van der Waals surface area contributed by atoms with Gasteiger partial charge in [0, 0.05) is 30.8 Å². The third kappa shape index (κ3) is 4.74. The van der Waals surface area contributed by atoms with E-state index in [2.05, 4.69) is 56.0 Å². The second-order valence-corrected chi connectivity index (χ2v) is 7.92. The van der Waals surface area contributed by atoms with Crippen LogP contribution in [0.4, 0.5) is 0 Å². The van der Waals surface area contributed by atoms with Crippen LogP contribution in [0.15, 0.2) is 4.99 Å². The molecule has 0 amide bonds. The van der Waals surface area contributed by atoms with Crippen LogP contribution in [0.5, 0.6) is 0 Å². The van der Waals surface area contributed by atoms with Gasteiger partial charge in [-0.05, 0) is 38.9 Å². The summed E-state index contributed by atoms with van der Waals surface area (Å²) < 4.78 is 2.55. The Balaban J connectivity index is 0.00000192. The molecule has 0 saturated carbocycles. The average molecular weight is 450 g/mol. The molecule has 1 atom stereocenters. The molecule has 3 rings (SSSR count). The minimum absolute atomic E-state index is 0. The summed E-state index contributed by atoms with van der Waals surface area (Å²) in [4.78, 5) is 4.69. The second-order valence-electron chi connectivity index (χ2n) is 6.24. The Morgan fingerprint density at radius 1 is 1.35 bits per heavy atom. The molecule has 6 nitrogen and oxygen atoms in total. The van der Waals surface area contributed by atoms with E-state index in [-0.39, 0.29) is 24.0 Å². The first-order valence-corrected chi connectivity index (χ1v) is 9.26. The molecule has 130 valence electrons. The molecule has 0 radical (unpaired) electrons. The number of aryl methyl sites for hydroxylation is 1. The Bertz CT molecular complexity index is 538. The number of thioether (sulfide) groups is 1. The molecule has 2 aliphatic rings. The molecule has 1 aromatic heterocycles. The highest BCUT2D eigenvalue weighted by molar-refractivity contribution is 14.0. The molecule has 23 heavy (non-hydrogen) atoms. The molecule has 3 heterocycles. The van der Waals surface area contributed by atoms with Crippen LogP contribution in [0.25, 0.3) is 0 Å². The predicted octanol–water partition coefficient (Wildman–Crippen LogP) is 2.18. The van der Waals surface area contributed by atoms with E-state index in [1.165, 1.54) is 25.0 Å². The van der Waals surface area contributed by atoms with Crippen molar-refractivity contribution in [2.24, 2.45) is 4.99 Å². The molecular weight excluding hydrogens is 423 g/mol. The second kappa shape index (κ2) is 8.55. The van der Waals surface area contributed by atoms with Gasteiger partial charge in [-0.3, -0.25) is 0 Å². The van der Waals surface area contributed by atoms with E-state index in [1.54, 1.807) is 0 Å². The van der Waals surface area contributed by atoms with Crippen LogP contribution < -0.4 is 10.6 Å². The molecule has 0 bridgehead atoms. The van der Waals surface area contributed by atoms with E-state index in [0.29, 0.717) is 11.3 Å². The van der Waals surface area contributed by atoms with Gasteiger partial charge in [-0.15, -0.1) is 34.2 Å². The topological polar surface area (TPSA) is 67.1 Å². The Hall–Kier alpha value is -0.510. The zero-order valence-corrected chi connectivity index (χ0v) is 17.1. The summed E-state index contributed by atoms with van der Waals surface area (Å²) in [6, 6.07) is 0. The molecule has 8 heteroatoms. The fourth-order valence-electron chi connectivity index (χ4n) is 3.07. The number of hydrogen-bond acceptors (Lipinski definition) is 4. The summed E-state index contributed by atoms with van der Waals surface area (Å²) in [7, 11) is 0. The lowest BCUT2D eigenvalue weighted by Crippen LogP contribution is -2.43. The minimum atomic E-state index is 0. The van der Waals surface area contributed by atoms with Crippen molar-refractivity contribution in [3.8, 4) is 0 Å². The van der Waals surface area contributed by atoms with E-state index >= 15 is 0 Å². The zero-order chi connectivity index (χ0) is 15.4. The van der Waals surface area contributed by atoms with Crippen LogP contribution in [-0.2, 0) is 19.5 Å². The van der Waals surface area contributed by atoms with E-state index in [9.17, 15) is 0 Å². The Morgan fingerprint density at radius 3 is 2.96 bits per heavy atom. The summed E-state index contributed by atoms with van der Waals surface area (Å²) in [6.45, 7) is 7.89. The van der Waals surface area contributed by atoms with Crippen molar-refractivity contribution in [1.82, 2.24) is 25.4 Å². The molecule has 1 unspecified atom stereocenters. The van der Waals surface area contributed by atoms with E-state index in [0.717, 1.165) is 43.7 Å². The third-order valence-electron chi connectivity index (χ3n) is 4.34. The Morgan fingerprint density at radius 2 is 2.22 bits per heavy atom. The van der Waals surface area contributed by atoms with Crippen LogP contribution in [-0.4, -0.2) is 44.3 Å². The smallest absolute Gasteiger partial charge is 0.191 e. The first-order chi connectivity index (χ1) is 10.7. The van der Waals surface area contributed by atoms with Crippen molar-refractivity contribution >= 4 is 41.7 Å². The van der Waals surface area contributed by atoms with Crippen molar-refractivity contribution in [2.75, 3.05) is 18.8 Å². The van der Waals surface area contributed by atoms with Gasteiger partial charge in [0.1, 0.15) is 12.4 Å². The van der Waals surface area contributed by atoms with Crippen LogP contribution in [0, 0.1) is 0 Å². The minimum Gasteiger partial charge on any atom is -0.357 e. The number of rotatable bonds is 5. The van der Waals surface area contributed by atoms with Gasteiger partial charge in [0.2, 0.25) is 0 Å². The number of guanidine groups is 1. The molecule has 0 aliphatic carbocycles. The average Bonchev–Trinajstić information content (AvgIpc) is 3.20. The number of aliphatic imine (C=N–C) groups is 1. The maximum absolute atomic E-state index is 4.69. The highest BCUT2D eigenvalue weighted by Gasteiger charge is 2.29. The molecule has 1 saturated heterocycles. The summed E-state index contributed by atoms with van der Waals surface area (Å²) in [5, 5.41) is 15.3. The third-order valence-corrected chi connectivity index (χ3v) is 5.88. The Labute approximate surface area is 159 Å². The standard InChI is InChI=1S/C15H26N6S.HI/c1-3-16-14(18-11-15(2)7-5-9-22-15)17-10-13-20-19-12-6-4-8-21(12)13;/h3-11H2,1-2H3,(H2,16,17,18);1H. The first kappa shape index (κ1) is 18.8. The number of nitrogens with zero attached hydrogens (tertiary/aromatic N) is 4. The van der Waals surface area contributed by atoms with Gasteiger partial charge in [0.15, 0.2) is 11.8 Å². The first-order valence-electron chi connectivity index (χ1n) is 8.27. The van der Waals surface area contributed by atoms with Gasteiger partial charge in [-0.1, -0.05) is 0 Å². The van der Waals surface area contributed by atoms with Gasteiger partial charge in [-0.25, -0.2) is 4.99 Å². The molecule has 1 fully saturated rings. The lowest BCUT2D eigenvalue weighted by Gasteiger charge is -2.24. The summed E-state index contributed by atoms with van der Waals surface area (Å²) in [6.07, 6.45) is 4.82. The van der Waals surface area contributed by atoms with Gasteiger partial charge in [-0.2, -0.15) is 11.8 Å². The summed E-state index contributed by atoms with van der Waals surface area (Å²) in [5.41, 5.74) is 0. The molecular formula is C15H27IN6S. The largest absolute Gasteiger partial charge is 0.357 e. The maximum atomic E-state index is 4.69. The number of aromatic nitrogens is 3. The lowest BCUT2D eigenvalue weighted by atomic mass is 10.1. The highest BCUT2D eigenvalue weighted by atomic mass is 127. The van der Waals surface area contributed by atoms with Crippen molar-refractivity contribution in [2.45, 2.75) is 57.4 Å². The van der Waals surface area contributed by atoms with Crippen molar-refractivity contribution < 1.29 is 0 Å². The molecule has 1 aromatic rings. The van der Waals surface area contributed by atoms with E-state index in [1.807, 2.05) is 0 Å². The molecule has 0 spiro atoms. The maximum Gasteiger partial charge on any atom is 0.191 e. The van der Waals surface area contributed by atoms with Crippen molar-refractivity contribution in [3.63, 3.8) is 0 Å². The fraction of sp³-hybridized carbons (Fsp3) is 0.800. The van der Waals surface area contributed by atoms with Crippen molar-refractivity contribution in [1.29, 1.82) is 0 Å². The number of fused-ring (bicyclic) bond motifs is 1. The van der Waals surface area contributed by atoms with Gasteiger partial charge in [0.05, 0.1) is 0 Å². The molecule has 0 aromatic carbocycles. The monoisotopic (exact) mass is 450 g/mol. The normalized spacial score (nSPS) is 23.5. The van der Waals surface area contributed by atoms with Crippen LogP contribution in [0.3, 0.4) is 0 Å². The SMILES string of the molecule is CCNC(=NCc1nnc2n1CCC2)NCC1(C)CCCS1.I. The van der Waals surface area contributed by atoms with Crippen LogP contribution >= 0.6 is 35.7 Å². The van der Waals surface area contributed by atoms with E-state index in [4.69, 9.17) is 0 Å². The lowest BCUT2D eigenvalue weighted by molar-refractivity contribution is 0.584. The zero-order valence-electron chi connectivity index (χ0n) is 14.0. The fourth-order valence-corrected chi connectivity index (χ4v) is 4.31. The molecule has 2 aliphatic heterocycles.